The summed E-state index contributed by atoms with van der Waals surface area (Å²) >= 11 is 1.34. The fraction of sp³-hybridized carbons (Fsp3) is 0.524. The molecule has 0 bridgehead atoms. The fourth-order valence-electron chi connectivity index (χ4n) is 2.56. The Morgan fingerprint density at radius 2 is 2.03 bits per heavy atom. The Bertz CT molecular complexity index is 849. The van der Waals surface area contributed by atoms with Crippen LogP contribution in [0.5, 0.6) is 5.88 Å². The summed E-state index contributed by atoms with van der Waals surface area (Å²) in [6.07, 6.45) is 1.86. The maximum absolute atomic E-state index is 12.0. The lowest BCUT2D eigenvalue weighted by Crippen LogP contribution is -2.38. The van der Waals surface area contributed by atoms with Crippen LogP contribution in [-0.2, 0) is 11.3 Å². The molecule has 9 heteroatoms. The van der Waals surface area contributed by atoms with Crippen molar-refractivity contribution in [3.8, 4) is 5.88 Å². The Hall–Kier alpha value is -2.68. The number of hydrogen-bond acceptors (Lipinski definition) is 7. The first-order valence-corrected chi connectivity index (χ1v) is 11.0. The van der Waals surface area contributed by atoms with Crippen molar-refractivity contribution in [2.45, 2.75) is 60.2 Å². The van der Waals surface area contributed by atoms with Crippen molar-refractivity contribution < 1.29 is 14.3 Å². The van der Waals surface area contributed by atoms with Gasteiger partial charge in [-0.15, -0.1) is 11.3 Å². The number of ether oxygens (including phenoxy) is 2. The van der Waals surface area contributed by atoms with Gasteiger partial charge in [-0.05, 0) is 47.1 Å². The second-order valence-corrected chi connectivity index (χ2v) is 7.95. The third-order valence-corrected chi connectivity index (χ3v) is 5.24. The van der Waals surface area contributed by atoms with Gasteiger partial charge < -0.3 is 20.1 Å². The molecule has 0 fully saturated rings. The molecule has 0 saturated carbocycles. The van der Waals surface area contributed by atoms with E-state index in [-0.39, 0.29) is 18.1 Å². The van der Waals surface area contributed by atoms with E-state index in [9.17, 15) is 4.79 Å². The van der Waals surface area contributed by atoms with Gasteiger partial charge in [-0.1, -0.05) is 6.07 Å². The molecule has 2 aromatic heterocycles. The molecule has 0 amide bonds. The monoisotopic (exact) mass is 433 g/mol. The van der Waals surface area contributed by atoms with Crippen molar-refractivity contribution in [2.24, 2.45) is 4.99 Å². The van der Waals surface area contributed by atoms with E-state index in [2.05, 4.69) is 25.6 Å². The predicted octanol–water partition coefficient (Wildman–Crippen LogP) is 3.63. The first-order valence-electron chi connectivity index (χ1n) is 10.1. The van der Waals surface area contributed by atoms with Crippen molar-refractivity contribution in [1.29, 1.82) is 0 Å². The summed E-state index contributed by atoms with van der Waals surface area (Å²) in [4.78, 5) is 26.1. The van der Waals surface area contributed by atoms with Gasteiger partial charge in [0.25, 0.3) is 0 Å². The molecule has 0 saturated heterocycles. The highest BCUT2D eigenvalue weighted by molar-refractivity contribution is 7.13. The van der Waals surface area contributed by atoms with Crippen molar-refractivity contribution in [3.63, 3.8) is 0 Å². The number of hydrogen-bond donors (Lipinski definition) is 2. The van der Waals surface area contributed by atoms with Crippen LogP contribution in [0.25, 0.3) is 0 Å². The van der Waals surface area contributed by atoms with Gasteiger partial charge in [0.2, 0.25) is 5.88 Å². The minimum Gasteiger partial charge on any atom is -0.475 e. The highest BCUT2D eigenvalue weighted by Gasteiger charge is 2.20. The Morgan fingerprint density at radius 3 is 2.63 bits per heavy atom. The summed E-state index contributed by atoms with van der Waals surface area (Å²) in [5.41, 5.74) is 1.66. The zero-order valence-electron chi connectivity index (χ0n) is 18.5. The van der Waals surface area contributed by atoms with Crippen LogP contribution in [0, 0.1) is 6.92 Å². The normalized spacial score (nSPS) is 12.6. The third-order valence-electron chi connectivity index (χ3n) is 3.92. The Kier molecular flexibility index (Phi) is 9.04. The summed E-state index contributed by atoms with van der Waals surface area (Å²) in [7, 11) is 0. The van der Waals surface area contributed by atoms with Crippen LogP contribution in [0.3, 0.4) is 0 Å². The molecule has 164 valence electrons. The summed E-state index contributed by atoms with van der Waals surface area (Å²) in [6.45, 7) is 13.1. The van der Waals surface area contributed by atoms with E-state index in [4.69, 9.17) is 9.47 Å². The number of carbonyl (C=O) groups excluding carboxylic acids is 1. The first kappa shape index (κ1) is 23.6. The molecule has 0 aliphatic carbocycles. The van der Waals surface area contributed by atoms with Gasteiger partial charge >= 0.3 is 5.97 Å². The molecule has 0 spiro atoms. The maximum atomic E-state index is 12.0. The average molecular weight is 434 g/mol. The van der Waals surface area contributed by atoms with Crippen LogP contribution in [0.1, 0.15) is 66.6 Å². The van der Waals surface area contributed by atoms with Gasteiger partial charge in [-0.25, -0.2) is 19.8 Å². The molecule has 30 heavy (non-hydrogen) atoms. The van der Waals surface area contributed by atoms with Gasteiger partial charge in [0.1, 0.15) is 9.88 Å². The molecule has 2 N–H and O–H groups in total. The second-order valence-electron chi connectivity index (χ2n) is 6.92. The van der Waals surface area contributed by atoms with Crippen molar-refractivity contribution in [1.82, 2.24) is 20.6 Å². The topological polar surface area (TPSA) is 97.7 Å². The molecule has 2 aromatic rings. The first-order chi connectivity index (χ1) is 14.3. The number of nitrogens with zero attached hydrogens (tertiary/aromatic N) is 3. The maximum Gasteiger partial charge on any atom is 0.350 e. The number of aryl methyl sites for hydroxylation is 1. The number of esters is 1. The lowest BCUT2D eigenvalue weighted by atomic mass is 10.3. The number of pyridine rings is 1. The van der Waals surface area contributed by atoms with Crippen LogP contribution in [0.2, 0.25) is 0 Å². The minimum atomic E-state index is -0.330. The molecule has 0 aromatic carbocycles. The summed E-state index contributed by atoms with van der Waals surface area (Å²) in [6, 6.07) is 3.69. The van der Waals surface area contributed by atoms with Gasteiger partial charge in [-0.3, -0.25) is 0 Å². The van der Waals surface area contributed by atoms with Gasteiger partial charge in [0, 0.05) is 18.8 Å². The average Bonchev–Trinajstić information content (AvgIpc) is 3.09. The van der Waals surface area contributed by atoms with E-state index < -0.39 is 0 Å². The van der Waals surface area contributed by atoms with Crippen LogP contribution < -0.4 is 15.4 Å². The fourth-order valence-corrected chi connectivity index (χ4v) is 3.52. The molecule has 1 atom stereocenters. The Labute approximate surface area is 182 Å². The highest BCUT2D eigenvalue weighted by Crippen LogP contribution is 2.24. The molecular formula is C21H31N5O3S. The zero-order valence-corrected chi connectivity index (χ0v) is 19.3. The smallest absolute Gasteiger partial charge is 0.350 e. The van der Waals surface area contributed by atoms with Crippen molar-refractivity contribution in [3.05, 3.63) is 39.5 Å². The number of guanidine groups is 1. The quantitative estimate of drug-likeness (QED) is 0.354. The van der Waals surface area contributed by atoms with Crippen molar-refractivity contribution >= 4 is 23.3 Å². The molecule has 2 heterocycles. The number of aromatic nitrogens is 2. The molecule has 0 radical (unpaired) electrons. The van der Waals surface area contributed by atoms with E-state index in [1.54, 1.807) is 13.1 Å². The van der Waals surface area contributed by atoms with Crippen LogP contribution in [-0.4, -0.2) is 41.2 Å². The second kappa shape index (κ2) is 11.5. The van der Waals surface area contributed by atoms with Crippen LogP contribution in [0.4, 0.5) is 0 Å². The number of aliphatic imine (C=N–C) groups is 1. The van der Waals surface area contributed by atoms with Gasteiger partial charge in [-0.2, -0.15) is 0 Å². The lowest BCUT2D eigenvalue weighted by molar-refractivity contribution is 0.0531. The van der Waals surface area contributed by atoms with E-state index in [1.165, 1.54) is 11.3 Å². The number of thiazole rings is 1. The standard InChI is InChI=1S/C21H31N5O3S/c1-7-22-21(24-12-16-9-10-17(23-11-16)29-13(3)4)26-15(6)19-25-14(5)18(30-19)20(27)28-8-2/h9-11,13,15H,7-8,12H2,1-6H3,(H2,22,24,26). The highest BCUT2D eigenvalue weighted by atomic mass is 32.1. The Balaban J connectivity index is 2.05. The minimum absolute atomic E-state index is 0.0891. The van der Waals surface area contributed by atoms with Gasteiger partial charge in [0.15, 0.2) is 5.96 Å². The van der Waals surface area contributed by atoms with Crippen LogP contribution >= 0.6 is 11.3 Å². The SMILES string of the molecule is CCNC(=NCc1ccc(OC(C)C)nc1)NC(C)c1nc(C)c(C(=O)OCC)s1. The third kappa shape index (κ3) is 6.98. The summed E-state index contributed by atoms with van der Waals surface area (Å²) < 4.78 is 10.7. The largest absolute Gasteiger partial charge is 0.475 e. The summed E-state index contributed by atoms with van der Waals surface area (Å²) in [5.74, 6) is 0.940. The number of nitrogens with one attached hydrogen (secondary N) is 2. The van der Waals surface area contributed by atoms with Gasteiger partial charge in [0.05, 0.1) is 31.0 Å². The van der Waals surface area contributed by atoms with E-state index >= 15 is 0 Å². The Morgan fingerprint density at radius 1 is 1.27 bits per heavy atom. The number of carbonyl (C=O) groups is 1. The van der Waals surface area contributed by atoms with E-state index in [1.807, 2.05) is 46.8 Å². The number of rotatable bonds is 9. The van der Waals surface area contributed by atoms with E-state index in [0.717, 1.165) is 17.1 Å². The molecule has 0 aliphatic rings. The molecule has 1 unspecified atom stereocenters. The van der Waals surface area contributed by atoms with Crippen molar-refractivity contribution in [2.75, 3.05) is 13.2 Å². The lowest BCUT2D eigenvalue weighted by Gasteiger charge is -2.16. The summed E-state index contributed by atoms with van der Waals surface area (Å²) in [5, 5.41) is 7.38. The van der Waals surface area contributed by atoms with E-state index in [0.29, 0.717) is 35.6 Å². The zero-order chi connectivity index (χ0) is 22.1. The predicted molar refractivity (Wildman–Crippen MR) is 119 cm³/mol. The molecule has 8 nitrogen and oxygen atoms in total. The van der Waals surface area contributed by atoms with Crippen LogP contribution in [0.15, 0.2) is 23.3 Å². The molecule has 0 aliphatic heterocycles. The molecular weight excluding hydrogens is 402 g/mol. The molecule has 2 rings (SSSR count).